The number of aromatic nitrogens is 3. The van der Waals surface area contributed by atoms with Gasteiger partial charge < -0.3 is 15.6 Å². The summed E-state index contributed by atoms with van der Waals surface area (Å²) in [6.07, 6.45) is 4.51. The first-order chi connectivity index (χ1) is 13.1. The highest BCUT2D eigenvalue weighted by atomic mass is 35.5. The molecule has 0 saturated heterocycles. The maximum Gasteiger partial charge on any atom is 0.257 e. The van der Waals surface area contributed by atoms with E-state index in [2.05, 4.69) is 20.1 Å². The van der Waals surface area contributed by atoms with Gasteiger partial charge in [0.15, 0.2) is 5.82 Å². The fourth-order valence-electron chi connectivity index (χ4n) is 3.32. The number of amides is 1. The van der Waals surface area contributed by atoms with E-state index in [9.17, 15) is 4.79 Å². The number of nitrogen functional groups attached to an aromatic ring is 1. The number of nitrogens with two attached hydrogens (primary N) is 1. The summed E-state index contributed by atoms with van der Waals surface area (Å²) in [5, 5.41) is 11.9. The summed E-state index contributed by atoms with van der Waals surface area (Å²) in [7, 11) is 0. The first kappa shape index (κ1) is 20.2. The zero-order valence-corrected chi connectivity index (χ0v) is 16.8. The number of carbonyl (C=O) groups is 1. The summed E-state index contributed by atoms with van der Waals surface area (Å²) < 4.78 is 2.20. The van der Waals surface area contributed by atoms with Crippen molar-refractivity contribution in [2.24, 2.45) is 0 Å². The molecule has 0 saturated carbocycles. The van der Waals surface area contributed by atoms with Gasteiger partial charge in [0.1, 0.15) is 5.82 Å². The third-order valence-electron chi connectivity index (χ3n) is 4.75. The lowest BCUT2D eigenvalue weighted by Crippen LogP contribution is -2.12. The molecule has 8 heteroatoms. The topological polar surface area (TPSA) is 85.8 Å². The van der Waals surface area contributed by atoms with Crippen LogP contribution in [0.2, 0.25) is 5.02 Å². The van der Waals surface area contributed by atoms with E-state index in [0.717, 1.165) is 43.0 Å². The highest BCUT2D eigenvalue weighted by Crippen LogP contribution is 2.25. The number of hydrogen-bond acceptors (Lipinski definition) is 4. The molecule has 146 valence electrons. The van der Waals surface area contributed by atoms with Gasteiger partial charge in [-0.25, -0.2) is 0 Å². The molecule has 1 aliphatic rings. The largest absolute Gasteiger partial charge is 0.399 e. The summed E-state index contributed by atoms with van der Waals surface area (Å²) in [6.45, 7) is 0.950. The maximum absolute atomic E-state index is 12.4. The molecule has 28 heavy (non-hydrogen) atoms. The number of carbonyl (C=O) groups excluding carboxylic acids is 1. The molecule has 1 aromatic heterocycles. The molecule has 2 aromatic carbocycles. The van der Waals surface area contributed by atoms with E-state index < -0.39 is 0 Å². The first-order valence-corrected chi connectivity index (χ1v) is 9.38. The number of nitrogens with zero attached hydrogens (tertiary/aromatic N) is 3. The third-order valence-corrected chi connectivity index (χ3v) is 5.06. The van der Waals surface area contributed by atoms with Crippen molar-refractivity contribution in [3.05, 3.63) is 58.9 Å². The van der Waals surface area contributed by atoms with E-state index in [-0.39, 0.29) is 18.3 Å². The highest BCUT2D eigenvalue weighted by Gasteiger charge is 2.16. The summed E-state index contributed by atoms with van der Waals surface area (Å²) >= 11 is 6.11. The molecule has 0 unspecified atom stereocenters. The lowest BCUT2D eigenvalue weighted by molar-refractivity contribution is 0.102. The Kier molecular flexibility index (Phi) is 6.21. The Morgan fingerprint density at radius 1 is 1.07 bits per heavy atom. The molecule has 0 radical (unpaired) electrons. The summed E-state index contributed by atoms with van der Waals surface area (Å²) in [4.78, 5) is 12.4. The molecule has 1 amide bonds. The number of fused-ring (bicyclic) bond motifs is 1. The molecule has 0 aliphatic carbocycles. The molecule has 4 rings (SSSR count). The Bertz CT molecular complexity index is 985. The predicted molar refractivity (Wildman–Crippen MR) is 114 cm³/mol. The van der Waals surface area contributed by atoms with Crippen LogP contribution in [0.4, 0.5) is 11.4 Å². The fraction of sp³-hybridized carbons (Fsp3) is 0.250. The average molecular weight is 418 g/mol. The summed E-state index contributed by atoms with van der Waals surface area (Å²) in [5.41, 5.74) is 8.25. The SMILES string of the molecule is Cl.Nc1ccc(C(=O)Nc2ccc(-c3nnc4n3CCCCC4)cc2)c(Cl)c1. The molecular weight excluding hydrogens is 397 g/mol. The van der Waals surface area contributed by atoms with Gasteiger partial charge in [0, 0.05) is 29.9 Å². The molecular formula is C20H21Cl2N5O. The zero-order chi connectivity index (χ0) is 18.8. The molecule has 0 atom stereocenters. The fourth-order valence-corrected chi connectivity index (χ4v) is 3.59. The van der Waals surface area contributed by atoms with Crippen LogP contribution >= 0.6 is 24.0 Å². The van der Waals surface area contributed by atoms with Crippen molar-refractivity contribution in [2.45, 2.75) is 32.2 Å². The van der Waals surface area contributed by atoms with Crippen molar-refractivity contribution in [2.75, 3.05) is 11.1 Å². The number of hydrogen-bond donors (Lipinski definition) is 2. The normalized spacial score (nSPS) is 13.2. The van der Waals surface area contributed by atoms with E-state index in [1.54, 1.807) is 18.2 Å². The van der Waals surface area contributed by atoms with E-state index >= 15 is 0 Å². The quantitative estimate of drug-likeness (QED) is 0.610. The van der Waals surface area contributed by atoms with Gasteiger partial charge in [-0.2, -0.15) is 0 Å². The van der Waals surface area contributed by atoms with Crippen LogP contribution in [0.15, 0.2) is 42.5 Å². The minimum absolute atomic E-state index is 0. The molecule has 0 bridgehead atoms. The lowest BCUT2D eigenvalue weighted by Gasteiger charge is -2.09. The van der Waals surface area contributed by atoms with Crippen molar-refractivity contribution in [1.29, 1.82) is 0 Å². The molecule has 1 aliphatic heterocycles. The van der Waals surface area contributed by atoms with Crippen LogP contribution in [0.5, 0.6) is 0 Å². The molecule has 3 N–H and O–H groups in total. The molecule has 2 heterocycles. The Labute approximate surface area is 174 Å². The third kappa shape index (κ3) is 4.13. The average Bonchev–Trinajstić information content (AvgIpc) is 2.90. The molecule has 3 aromatic rings. The zero-order valence-electron chi connectivity index (χ0n) is 15.2. The minimum atomic E-state index is -0.274. The predicted octanol–water partition coefficient (Wildman–Crippen LogP) is 4.58. The number of benzene rings is 2. The Hall–Kier alpha value is -2.57. The Morgan fingerprint density at radius 3 is 2.61 bits per heavy atom. The number of anilines is 2. The van der Waals surface area contributed by atoms with Crippen molar-refractivity contribution in [1.82, 2.24) is 14.8 Å². The van der Waals surface area contributed by atoms with Crippen LogP contribution in [0.1, 0.15) is 35.4 Å². The van der Waals surface area contributed by atoms with Crippen LogP contribution in [0.3, 0.4) is 0 Å². The van der Waals surface area contributed by atoms with Crippen molar-refractivity contribution >= 4 is 41.3 Å². The molecule has 0 spiro atoms. The summed E-state index contributed by atoms with van der Waals surface area (Å²) in [5.74, 6) is 1.66. The monoisotopic (exact) mass is 417 g/mol. The minimum Gasteiger partial charge on any atom is -0.399 e. The van der Waals surface area contributed by atoms with E-state index in [1.807, 2.05) is 24.3 Å². The van der Waals surface area contributed by atoms with Crippen LogP contribution < -0.4 is 11.1 Å². The van der Waals surface area contributed by atoms with Crippen LogP contribution in [-0.2, 0) is 13.0 Å². The van der Waals surface area contributed by atoms with Crippen LogP contribution in [0.25, 0.3) is 11.4 Å². The van der Waals surface area contributed by atoms with E-state index in [4.69, 9.17) is 17.3 Å². The van der Waals surface area contributed by atoms with Gasteiger partial charge in [-0.3, -0.25) is 4.79 Å². The molecule has 0 fully saturated rings. The van der Waals surface area contributed by atoms with Gasteiger partial charge in [0.05, 0.1) is 10.6 Å². The lowest BCUT2D eigenvalue weighted by atomic mass is 10.1. The van der Waals surface area contributed by atoms with Crippen molar-refractivity contribution in [3.63, 3.8) is 0 Å². The second-order valence-electron chi connectivity index (χ2n) is 6.67. The standard InChI is InChI=1S/C20H20ClN5O.ClH/c21-17-12-14(22)7-10-16(17)20(27)23-15-8-5-13(6-9-15)19-25-24-18-4-2-1-3-11-26(18)19;/h5-10,12H,1-4,11,22H2,(H,23,27);1H. The smallest absolute Gasteiger partial charge is 0.257 e. The van der Waals surface area contributed by atoms with Gasteiger partial charge in [0.2, 0.25) is 0 Å². The number of nitrogens with one attached hydrogen (secondary N) is 1. The second kappa shape index (κ2) is 8.63. The van der Waals surface area contributed by atoms with E-state index in [0.29, 0.717) is 22.0 Å². The van der Waals surface area contributed by atoms with Gasteiger partial charge in [-0.05, 0) is 55.3 Å². The number of rotatable bonds is 3. The number of aryl methyl sites for hydroxylation is 1. The number of halogens is 2. The maximum atomic E-state index is 12.4. The van der Waals surface area contributed by atoms with Gasteiger partial charge in [-0.15, -0.1) is 22.6 Å². The van der Waals surface area contributed by atoms with Gasteiger partial charge in [0.25, 0.3) is 5.91 Å². The van der Waals surface area contributed by atoms with E-state index in [1.165, 1.54) is 6.42 Å². The van der Waals surface area contributed by atoms with Crippen molar-refractivity contribution in [3.8, 4) is 11.4 Å². The second-order valence-corrected chi connectivity index (χ2v) is 7.08. The first-order valence-electron chi connectivity index (χ1n) is 9.01. The van der Waals surface area contributed by atoms with Gasteiger partial charge >= 0.3 is 0 Å². The van der Waals surface area contributed by atoms with Crippen LogP contribution in [-0.4, -0.2) is 20.7 Å². The molecule has 6 nitrogen and oxygen atoms in total. The van der Waals surface area contributed by atoms with Gasteiger partial charge in [-0.1, -0.05) is 18.0 Å². The Morgan fingerprint density at radius 2 is 1.86 bits per heavy atom. The Balaban J connectivity index is 0.00000225. The highest BCUT2D eigenvalue weighted by molar-refractivity contribution is 6.34. The van der Waals surface area contributed by atoms with Crippen LogP contribution in [0, 0.1) is 0 Å². The summed E-state index contributed by atoms with van der Waals surface area (Å²) in [6, 6.07) is 12.4. The van der Waals surface area contributed by atoms with Crippen molar-refractivity contribution < 1.29 is 4.79 Å².